The molecule has 0 aliphatic heterocycles. The van der Waals surface area contributed by atoms with Crippen LogP contribution in [0.15, 0.2) is 18.2 Å². The molecule has 0 aliphatic carbocycles. The van der Waals surface area contributed by atoms with Crippen LogP contribution in [0.1, 0.15) is 22.3 Å². The number of ether oxygens (including phenoxy) is 1. The standard InChI is InChI=1S/C12H12FN3O2S/c1-3-18-11(17)10-7(2)14-12(19-10)16-9-6-4-5-8(13)15-9/h4-6H,3H2,1-2H3,(H,14,15,16). The van der Waals surface area contributed by atoms with E-state index in [0.717, 1.165) is 11.3 Å². The predicted octanol–water partition coefficient (Wildman–Crippen LogP) is 2.91. The van der Waals surface area contributed by atoms with Crippen LogP contribution in [0.25, 0.3) is 0 Å². The second kappa shape index (κ2) is 5.75. The van der Waals surface area contributed by atoms with Crippen molar-refractivity contribution in [2.24, 2.45) is 0 Å². The van der Waals surface area contributed by atoms with Gasteiger partial charge >= 0.3 is 5.97 Å². The van der Waals surface area contributed by atoms with E-state index in [1.807, 2.05) is 0 Å². The molecule has 5 nitrogen and oxygen atoms in total. The molecular formula is C12H12FN3O2S. The lowest BCUT2D eigenvalue weighted by molar-refractivity contribution is 0.0531. The molecule has 0 aliphatic rings. The Balaban J connectivity index is 2.18. The van der Waals surface area contributed by atoms with E-state index in [4.69, 9.17) is 4.74 Å². The Hall–Kier alpha value is -2.02. The summed E-state index contributed by atoms with van der Waals surface area (Å²) in [5, 5.41) is 3.32. The van der Waals surface area contributed by atoms with Crippen molar-refractivity contribution in [1.29, 1.82) is 0 Å². The lowest BCUT2D eigenvalue weighted by Crippen LogP contribution is -2.03. The quantitative estimate of drug-likeness (QED) is 0.689. The number of hydrogen-bond acceptors (Lipinski definition) is 6. The monoisotopic (exact) mass is 281 g/mol. The molecule has 0 atom stereocenters. The number of halogens is 1. The van der Waals surface area contributed by atoms with E-state index in [0.29, 0.717) is 28.1 Å². The predicted molar refractivity (Wildman–Crippen MR) is 70.3 cm³/mol. The Bertz CT molecular complexity index is 600. The highest BCUT2D eigenvalue weighted by Crippen LogP contribution is 2.25. The van der Waals surface area contributed by atoms with Gasteiger partial charge in [-0.05, 0) is 26.0 Å². The number of anilines is 2. The van der Waals surface area contributed by atoms with E-state index in [1.165, 1.54) is 12.1 Å². The number of aromatic nitrogens is 2. The minimum atomic E-state index is -0.580. The fourth-order valence-electron chi connectivity index (χ4n) is 1.42. The topological polar surface area (TPSA) is 64.1 Å². The van der Waals surface area contributed by atoms with Crippen LogP contribution in [0, 0.1) is 12.9 Å². The first-order chi connectivity index (χ1) is 9.10. The Kier molecular flexibility index (Phi) is 4.06. The van der Waals surface area contributed by atoms with Crippen molar-refractivity contribution in [1.82, 2.24) is 9.97 Å². The van der Waals surface area contributed by atoms with Gasteiger partial charge in [-0.1, -0.05) is 17.4 Å². The first-order valence-corrected chi connectivity index (χ1v) is 6.46. The molecule has 7 heteroatoms. The number of esters is 1. The highest BCUT2D eigenvalue weighted by molar-refractivity contribution is 7.17. The molecule has 2 aromatic rings. The summed E-state index contributed by atoms with van der Waals surface area (Å²) in [6, 6.07) is 4.41. The van der Waals surface area contributed by atoms with Gasteiger partial charge in [0, 0.05) is 0 Å². The zero-order valence-corrected chi connectivity index (χ0v) is 11.3. The molecule has 0 fully saturated rings. The van der Waals surface area contributed by atoms with Crippen LogP contribution in [-0.4, -0.2) is 22.5 Å². The van der Waals surface area contributed by atoms with Gasteiger partial charge in [0.25, 0.3) is 0 Å². The van der Waals surface area contributed by atoms with Crippen molar-refractivity contribution in [3.8, 4) is 0 Å². The lowest BCUT2D eigenvalue weighted by atomic mass is 10.4. The number of aryl methyl sites for hydroxylation is 1. The highest BCUT2D eigenvalue weighted by atomic mass is 32.1. The van der Waals surface area contributed by atoms with Gasteiger partial charge in [0.05, 0.1) is 12.3 Å². The van der Waals surface area contributed by atoms with Crippen molar-refractivity contribution < 1.29 is 13.9 Å². The van der Waals surface area contributed by atoms with Crippen molar-refractivity contribution >= 4 is 28.3 Å². The molecule has 0 saturated carbocycles. The smallest absolute Gasteiger partial charge is 0.350 e. The molecule has 0 aromatic carbocycles. The van der Waals surface area contributed by atoms with Gasteiger partial charge in [0.15, 0.2) is 5.13 Å². The Morgan fingerprint density at radius 3 is 2.95 bits per heavy atom. The molecule has 0 amide bonds. The van der Waals surface area contributed by atoms with E-state index in [-0.39, 0.29) is 0 Å². The van der Waals surface area contributed by atoms with Crippen LogP contribution in [-0.2, 0) is 4.74 Å². The van der Waals surface area contributed by atoms with Crippen molar-refractivity contribution in [3.63, 3.8) is 0 Å². The fraction of sp³-hybridized carbons (Fsp3) is 0.250. The van der Waals surface area contributed by atoms with Crippen LogP contribution in [0.3, 0.4) is 0 Å². The maximum Gasteiger partial charge on any atom is 0.350 e. The van der Waals surface area contributed by atoms with E-state index in [1.54, 1.807) is 19.9 Å². The van der Waals surface area contributed by atoms with Gasteiger partial charge in [-0.25, -0.2) is 14.8 Å². The Labute approximate surface area is 113 Å². The minimum Gasteiger partial charge on any atom is -0.462 e. The Morgan fingerprint density at radius 2 is 2.26 bits per heavy atom. The number of carbonyl (C=O) groups excluding carboxylic acids is 1. The average molecular weight is 281 g/mol. The third-order valence-electron chi connectivity index (χ3n) is 2.21. The second-order valence-electron chi connectivity index (χ2n) is 3.62. The van der Waals surface area contributed by atoms with Crippen molar-refractivity contribution in [2.45, 2.75) is 13.8 Å². The van der Waals surface area contributed by atoms with Gasteiger partial charge in [-0.2, -0.15) is 4.39 Å². The summed E-state index contributed by atoms with van der Waals surface area (Å²) >= 11 is 1.15. The number of nitrogens with one attached hydrogen (secondary N) is 1. The number of rotatable bonds is 4. The van der Waals surface area contributed by atoms with E-state index in [9.17, 15) is 9.18 Å². The van der Waals surface area contributed by atoms with Gasteiger partial charge in [-0.3, -0.25) is 0 Å². The van der Waals surface area contributed by atoms with Crippen LogP contribution >= 0.6 is 11.3 Å². The average Bonchev–Trinajstić information content (AvgIpc) is 2.70. The molecule has 19 heavy (non-hydrogen) atoms. The van der Waals surface area contributed by atoms with E-state index >= 15 is 0 Å². The maximum atomic E-state index is 12.9. The molecule has 100 valence electrons. The molecule has 0 radical (unpaired) electrons. The first-order valence-electron chi connectivity index (χ1n) is 5.64. The number of pyridine rings is 1. The Morgan fingerprint density at radius 1 is 1.47 bits per heavy atom. The van der Waals surface area contributed by atoms with Gasteiger partial charge in [0.2, 0.25) is 5.95 Å². The van der Waals surface area contributed by atoms with Crippen LogP contribution < -0.4 is 5.32 Å². The van der Waals surface area contributed by atoms with Gasteiger partial charge in [-0.15, -0.1) is 0 Å². The van der Waals surface area contributed by atoms with Crippen molar-refractivity contribution in [3.05, 3.63) is 34.7 Å². The highest BCUT2D eigenvalue weighted by Gasteiger charge is 2.16. The first kappa shape index (κ1) is 13.4. The number of nitrogens with zero attached hydrogens (tertiary/aromatic N) is 2. The molecule has 2 heterocycles. The van der Waals surface area contributed by atoms with E-state index in [2.05, 4.69) is 15.3 Å². The number of hydrogen-bond donors (Lipinski definition) is 1. The van der Waals surface area contributed by atoms with Crippen molar-refractivity contribution in [2.75, 3.05) is 11.9 Å². The molecule has 0 bridgehead atoms. The summed E-state index contributed by atoms with van der Waals surface area (Å²) in [6.45, 7) is 3.77. The molecule has 2 rings (SSSR count). The third kappa shape index (κ3) is 3.25. The zero-order chi connectivity index (χ0) is 13.8. The van der Waals surface area contributed by atoms with Crippen LogP contribution in [0.5, 0.6) is 0 Å². The maximum absolute atomic E-state index is 12.9. The summed E-state index contributed by atoms with van der Waals surface area (Å²) in [7, 11) is 0. The summed E-state index contributed by atoms with van der Waals surface area (Å²) in [5.74, 6) is -0.647. The zero-order valence-electron chi connectivity index (χ0n) is 10.4. The molecule has 2 aromatic heterocycles. The molecular weight excluding hydrogens is 269 g/mol. The summed E-state index contributed by atoms with van der Waals surface area (Å²) in [4.78, 5) is 19.9. The summed E-state index contributed by atoms with van der Waals surface area (Å²) in [6.07, 6.45) is 0. The molecule has 0 saturated heterocycles. The number of carbonyl (C=O) groups is 1. The molecule has 0 unspecified atom stereocenters. The third-order valence-corrected chi connectivity index (χ3v) is 3.26. The molecule has 1 N–H and O–H groups in total. The second-order valence-corrected chi connectivity index (χ2v) is 4.62. The summed E-state index contributed by atoms with van der Waals surface area (Å²) < 4.78 is 17.9. The van der Waals surface area contributed by atoms with Crippen LogP contribution in [0.2, 0.25) is 0 Å². The fourth-order valence-corrected chi connectivity index (χ4v) is 2.29. The van der Waals surface area contributed by atoms with Gasteiger partial charge < -0.3 is 10.1 Å². The summed E-state index contributed by atoms with van der Waals surface area (Å²) in [5.41, 5.74) is 0.572. The lowest BCUT2D eigenvalue weighted by Gasteiger charge is -2.00. The van der Waals surface area contributed by atoms with E-state index < -0.39 is 11.9 Å². The number of thiazole rings is 1. The molecule has 0 spiro atoms. The van der Waals surface area contributed by atoms with Gasteiger partial charge in [0.1, 0.15) is 10.7 Å². The minimum absolute atomic E-state index is 0.310. The largest absolute Gasteiger partial charge is 0.462 e. The SMILES string of the molecule is CCOC(=O)c1sc(Nc2cccc(F)n2)nc1C. The van der Waals surface area contributed by atoms with Crippen LogP contribution in [0.4, 0.5) is 15.3 Å². The normalized spacial score (nSPS) is 10.3.